The van der Waals surface area contributed by atoms with E-state index in [9.17, 15) is 7.38 Å². The van der Waals surface area contributed by atoms with Crippen molar-refractivity contribution < 1.29 is 21.3 Å². The van der Waals surface area contributed by atoms with Gasteiger partial charge in [-0.15, -0.1) is 0 Å². The fourth-order valence-electron chi connectivity index (χ4n) is 3.29. The molecule has 0 fully saturated rings. The van der Waals surface area contributed by atoms with E-state index in [-0.39, 0.29) is 11.3 Å². The Labute approximate surface area is 163 Å². The molecule has 1 rings (SSSR count). The molecule has 0 saturated heterocycles. The molecule has 25 heavy (non-hydrogen) atoms. The van der Waals surface area contributed by atoms with E-state index in [0.717, 1.165) is 12.1 Å². The second-order valence-corrected chi connectivity index (χ2v) is 21.3. The van der Waals surface area contributed by atoms with Crippen molar-refractivity contribution in [3.05, 3.63) is 24.0 Å². The van der Waals surface area contributed by atoms with Gasteiger partial charge in [-0.2, -0.15) is 0 Å². The molecule has 0 aromatic carbocycles. The molecule has 0 aliphatic heterocycles. The molecule has 0 radical (unpaired) electrons. The molecule has 0 bridgehead atoms. The SMILES string of the molecule is CC(CC(C[C](C)(C(C)(C)C)[Ti]([OH])([OH])([Cl])[Cl])c1ccc[nH]1)C(C)(C)C. The molecule has 3 atom stereocenters. The number of hydrogen-bond donors (Lipinski definition) is 3. The Morgan fingerprint density at radius 2 is 1.60 bits per heavy atom. The second-order valence-electron chi connectivity index (χ2n) is 10.0. The molecule has 6 heteroatoms. The Morgan fingerprint density at radius 1 is 1.08 bits per heavy atom. The van der Waals surface area contributed by atoms with Crippen LogP contribution in [0, 0.1) is 16.7 Å². The van der Waals surface area contributed by atoms with Crippen molar-refractivity contribution in [2.45, 2.75) is 77.9 Å². The van der Waals surface area contributed by atoms with E-state index in [1.54, 1.807) is 0 Å². The van der Waals surface area contributed by atoms with Gasteiger partial charge in [0.25, 0.3) is 0 Å². The molecule has 0 aliphatic rings. The number of aromatic nitrogens is 1. The summed E-state index contributed by atoms with van der Waals surface area (Å²) >= 11 is -5.63. The summed E-state index contributed by atoms with van der Waals surface area (Å²) in [5.74, 6) is 0.569. The molecule has 0 spiro atoms. The number of rotatable bonds is 6. The predicted molar refractivity (Wildman–Crippen MR) is 105 cm³/mol. The van der Waals surface area contributed by atoms with Crippen molar-refractivity contribution in [3.63, 3.8) is 0 Å². The predicted octanol–water partition coefficient (Wildman–Crippen LogP) is 6.60. The first-order valence-corrected chi connectivity index (χ1v) is 15.5. The van der Waals surface area contributed by atoms with E-state index in [1.165, 1.54) is 0 Å². The third-order valence-electron chi connectivity index (χ3n) is 6.40. The molecule has 147 valence electrons. The Morgan fingerprint density at radius 3 is 1.92 bits per heavy atom. The van der Waals surface area contributed by atoms with Crippen LogP contribution in [0.25, 0.3) is 0 Å². The summed E-state index contributed by atoms with van der Waals surface area (Å²) in [7, 11) is 12.5. The summed E-state index contributed by atoms with van der Waals surface area (Å²) in [4.78, 5) is 3.30. The first-order chi connectivity index (χ1) is 10.9. The molecule has 3 nitrogen and oxygen atoms in total. The van der Waals surface area contributed by atoms with Gasteiger partial charge in [-0.3, -0.25) is 0 Å². The summed E-state index contributed by atoms with van der Waals surface area (Å²) in [5, 5.41) is 0. The first-order valence-electron chi connectivity index (χ1n) is 9.05. The Hall–Kier alpha value is 0.494. The van der Waals surface area contributed by atoms with Gasteiger partial charge in [0.1, 0.15) is 0 Å². The van der Waals surface area contributed by atoms with Gasteiger partial charge in [0.2, 0.25) is 0 Å². The zero-order valence-electron chi connectivity index (χ0n) is 17.0. The standard InChI is InChI=1S/C19H34N.2ClH.2H2O.Ti/c1-14(18(3,4)5)12-16(17-10-9-11-20-17)13-15(2)19(6,7)8;;;;;/h9-11,14,16,20H,12-13H2,1-8H3;2*1H;2*1H2;/q;;;;;+4/p-4. The average molecular weight is 429 g/mol. The van der Waals surface area contributed by atoms with Crippen LogP contribution in [-0.2, 0) is 14.0 Å². The van der Waals surface area contributed by atoms with Crippen LogP contribution in [0.1, 0.15) is 79.8 Å². The molecule has 0 saturated carbocycles. The van der Waals surface area contributed by atoms with E-state index < -0.39 is 23.1 Å². The summed E-state index contributed by atoms with van der Waals surface area (Å²) in [6.45, 7) is 16.7. The Kier molecular flexibility index (Phi) is 6.73. The third-order valence-corrected chi connectivity index (χ3v) is 14.2. The van der Waals surface area contributed by atoms with E-state index >= 15 is 0 Å². The van der Waals surface area contributed by atoms with Crippen LogP contribution in [0.2, 0.25) is 3.72 Å². The van der Waals surface area contributed by atoms with E-state index in [2.05, 4.69) is 38.7 Å². The monoisotopic (exact) mass is 428 g/mol. The Bertz CT molecular complexity index is 558. The maximum atomic E-state index is 10.7. The molecular weight excluding hydrogens is 393 g/mol. The van der Waals surface area contributed by atoms with Crippen molar-refractivity contribution in [1.82, 2.24) is 4.98 Å². The molecule has 1 aromatic heterocycles. The molecule has 0 amide bonds. The van der Waals surface area contributed by atoms with Crippen LogP contribution in [0.15, 0.2) is 18.3 Å². The molecule has 3 N–H and O–H groups in total. The maximum absolute atomic E-state index is 10.7. The van der Waals surface area contributed by atoms with E-state index in [4.69, 9.17) is 18.6 Å². The third kappa shape index (κ3) is 5.49. The van der Waals surface area contributed by atoms with Gasteiger partial charge >= 0.3 is 164 Å². The fraction of sp³-hybridized carbons (Fsp3) is 0.789. The van der Waals surface area contributed by atoms with Crippen LogP contribution in [-0.4, -0.2) is 12.4 Å². The molecule has 3 unspecified atom stereocenters. The zero-order chi connectivity index (χ0) is 19.9. The van der Waals surface area contributed by atoms with Crippen LogP contribution >= 0.6 is 18.6 Å². The second kappa shape index (κ2) is 7.15. The van der Waals surface area contributed by atoms with Crippen LogP contribution in [0.3, 0.4) is 0 Å². The van der Waals surface area contributed by atoms with Gasteiger partial charge in [-0.05, 0) is 0 Å². The van der Waals surface area contributed by atoms with Crippen molar-refractivity contribution in [2.75, 3.05) is 0 Å². The molecule has 0 aliphatic carbocycles. The van der Waals surface area contributed by atoms with Gasteiger partial charge in [0, 0.05) is 0 Å². The molecule has 1 heterocycles. The average Bonchev–Trinajstić information content (AvgIpc) is 2.86. The van der Waals surface area contributed by atoms with Gasteiger partial charge < -0.3 is 0 Å². The van der Waals surface area contributed by atoms with Crippen LogP contribution in [0.4, 0.5) is 0 Å². The number of halogens is 2. The van der Waals surface area contributed by atoms with Gasteiger partial charge in [0.05, 0.1) is 0 Å². The van der Waals surface area contributed by atoms with Gasteiger partial charge in [0.15, 0.2) is 0 Å². The van der Waals surface area contributed by atoms with Crippen molar-refractivity contribution in [3.8, 4) is 0 Å². The number of nitrogens with one attached hydrogen (secondary N) is 1. The number of aromatic amines is 1. The van der Waals surface area contributed by atoms with Gasteiger partial charge in [-0.25, -0.2) is 0 Å². The number of H-pyrrole nitrogens is 1. The minimum atomic E-state index is -5.63. The normalized spacial score (nSPS) is 20.4. The molecule has 1 aromatic rings. The van der Waals surface area contributed by atoms with Crippen molar-refractivity contribution >= 4 is 18.6 Å². The minimum absolute atomic E-state index is 0.119. The summed E-state index contributed by atoms with van der Waals surface area (Å²) in [5.41, 5.74) is 0.809. The van der Waals surface area contributed by atoms with Crippen LogP contribution < -0.4 is 0 Å². The van der Waals surface area contributed by atoms with Crippen molar-refractivity contribution in [1.29, 1.82) is 0 Å². The quantitative estimate of drug-likeness (QED) is 0.447. The van der Waals surface area contributed by atoms with Crippen LogP contribution in [0.5, 0.6) is 0 Å². The topological polar surface area (TPSA) is 56.2 Å². The molecular formula is C19H36Cl2NO2Ti. The fourth-order valence-corrected chi connectivity index (χ4v) is 9.10. The summed E-state index contributed by atoms with van der Waals surface area (Å²) in [6.07, 6.45) is 3.35. The Balaban J connectivity index is 3.32. The summed E-state index contributed by atoms with van der Waals surface area (Å²) < 4.78 is 20.5. The van der Waals surface area contributed by atoms with Gasteiger partial charge in [-0.1, -0.05) is 0 Å². The zero-order valence-corrected chi connectivity index (χ0v) is 20.0. The van der Waals surface area contributed by atoms with E-state index in [0.29, 0.717) is 12.3 Å². The van der Waals surface area contributed by atoms with E-state index in [1.807, 2.05) is 40.0 Å². The number of hydrogen-bond acceptors (Lipinski definition) is 2. The van der Waals surface area contributed by atoms with Crippen molar-refractivity contribution in [2.24, 2.45) is 16.7 Å². The first kappa shape index (κ1) is 23.5. The summed E-state index contributed by atoms with van der Waals surface area (Å²) in [6, 6.07) is 4.03.